The number of nitrogens with one attached hydrogen (secondary N) is 4. The summed E-state index contributed by atoms with van der Waals surface area (Å²) in [5, 5.41) is 24.8. The monoisotopic (exact) mass is 1420 g/mol. The zero-order chi connectivity index (χ0) is 73.2. The Labute approximate surface area is 593 Å². The maximum atomic E-state index is 13.7. The lowest BCUT2D eigenvalue weighted by atomic mass is 9.92. The van der Waals surface area contributed by atoms with E-state index in [1.807, 2.05) is 90.1 Å². The number of rotatable bonds is 19. The van der Waals surface area contributed by atoms with Gasteiger partial charge in [-0.2, -0.15) is 0 Å². The van der Waals surface area contributed by atoms with Crippen LogP contribution in [0.1, 0.15) is 141 Å². The van der Waals surface area contributed by atoms with Gasteiger partial charge in [-0.1, -0.05) is 143 Å². The fraction of sp³-hybridized carbons (Fsp3) is 0.514. The number of ether oxygens (including phenoxy) is 8. The number of cyclic esters (lactones) is 4. The van der Waals surface area contributed by atoms with Crippen LogP contribution >= 0.6 is 23.2 Å². The van der Waals surface area contributed by atoms with E-state index in [0.717, 1.165) is 22.3 Å². The summed E-state index contributed by atoms with van der Waals surface area (Å²) in [7, 11) is 3.00. The summed E-state index contributed by atoms with van der Waals surface area (Å²) in [6.45, 7) is 17.8. The quantitative estimate of drug-likeness (QED) is 0.0145. The Hall–Kier alpha value is -8.51. The van der Waals surface area contributed by atoms with E-state index >= 15 is 0 Å². The van der Waals surface area contributed by atoms with Crippen LogP contribution in [0, 0.1) is 34.5 Å². The molecule has 4 amide bonds. The molecule has 0 spiro atoms. The van der Waals surface area contributed by atoms with E-state index in [-0.39, 0.29) is 113 Å². The molecule has 0 saturated carbocycles. The molecular formula is C74H93Cl2N7O17. The smallest absolute Gasteiger partial charge is 0.347 e. The van der Waals surface area contributed by atoms with Crippen molar-refractivity contribution in [1.82, 2.24) is 21.3 Å². The first-order chi connectivity index (χ1) is 47.4. The first-order valence-corrected chi connectivity index (χ1v) is 34.3. The minimum absolute atomic E-state index is 0.00322. The number of carbonyl (C=O) groups excluding carboxylic acids is 8. The standard InChI is InChI=1S/C37H46ClN5O8.C37H47ClN2O9/c1-21(2)16-30-35(46)49-28(22(3)32-33(51-32)25-13-10-23(11-14-25)19-41-43-39)8-7-9-31(44)42-27(18-24-12-15-29(48-6)26(38)17-24)34(45)40-20-37(4,5)36(47)50-30;1-21(2)16-30-35(44)47-28(22(3)32-33(49-32)25-13-10-23(19-41)11-14-25)8-7-9-31(42)40-27(18-24-12-15-29(46-6)26(38)17-24)34(43)39-20-37(4,5)36(45)48-30/h7,9-15,17,21-22,27-28,30,32-33H,8,16,18-20H2,1-6H3,(H,40,45)(H,42,44);7,9-15,17,21-22,27-28,30,32-33,41H,8,16,18-20H2,1-6H3,(H,39,43)(H,40,42)/b2*9-7+/t2*22-,27+,28-,30-,32-,33-/m00/s1. The van der Waals surface area contributed by atoms with Gasteiger partial charge in [0.25, 0.3) is 0 Å². The van der Waals surface area contributed by atoms with Crippen LogP contribution in [0.2, 0.25) is 10.0 Å². The van der Waals surface area contributed by atoms with Gasteiger partial charge in [-0.25, -0.2) is 9.59 Å². The maximum absolute atomic E-state index is 13.7. The Kier molecular flexibility index (Phi) is 28.5. The van der Waals surface area contributed by atoms with E-state index in [4.69, 9.17) is 66.6 Å². The number of esters is 4. The lowest BCUT2D eigenvalue weighted by molar-refractivity contribution is -0.179. The summed E-state index contributed by atoms with van der Waals surface area (Å²) in [4.78, 5) is 110. The molecule has 2 saturated heterocycles. The third-order valence-corrected chi connectivity index (χ3v) is 18.3. The molecule has 4 aliphatic rings. The van der Waals surface area contributed by atoms with E-state index in [1.54, 1.807) is 76.2 Å². The molecule has 4 heterocycles. The first kappa shape index (κ1) is 78.8. The molecule has 0 aliphatic carbocycles. The van der Waals surface area contributed by atoms with E-state index in [2.05, 4.69) is 31.3 Å². The number of benzene rings is 4. The van der Waals surface area contributed by atoms with Crippen molar-refractivity contribution in [1.29, 1.82) is 0 Å². The normalized spacial score (nSPS) is 25.8. The van der Waals surface area contributed by atoms with Crippen molar-refractivity contribution in [3.63, 3.8) is 0 Å². The molecule has 540 valence electrons. The van der Waals surface area contributed by atoms with Crippen LogP contribution in [0.25, 0.3) is 10.4 Å². The van der Waals surface area contributed by atoms with Gasteiger partial charge < -0.3 is 64.3 Å². The summed E-state index contributed by atoms with van der Waals surface area (Å²) in [6, 6.07) is 23.2. The predicted octanol–water partition coefficient (Wildman–Crippen LogP) is 10.6. The van der Waals surface area contributed by atoms with Gasteiger partial charge in [-0.3, -0.25) is 28.8 Å². The Morgan fingerprint density at radius 3 is 1.30 bits per heavy atom. The van der Waals surface area contributed by atoms with Crippen LogP contribution in [0.15, 0.2) is 114 Å². The van der Waals surface area contributed by atoms with Crippen molar-refractivity contribution >= 4 is 70.7 Å². The lowest BCUT2D eigenvalue weighted by Crippen LogP contribution is -2.51. The Balaban J connectivity index is 0.000000281. The van der Waals surface area contributed by atoms with E-state index in [9.17, 15) is 43.5 Å². The molecule has 8 rings (SSSR count). The molecule has 0 bridgehead atoms. The van der Waals surface area contributed by atoms with Crippen molar-refractivity contribution < 1.29 is 81.4 Å². The van der Waals surface area contributed by atoms with Gasteiger partial charge >= 0.3 is 23.9 Å². The van der Waals surface area contributed by atoms with Crippen molar-refractivity contribution in [2.45, 2.75) is 182 Å². The molecule has 4 aromatic rings. The summed E-state index contributed by atoms with van der Waals surface area (Å²) < 4.78 is 46.2. The molecule has 0 aromatic heterocycles. The van der Waals surface area contributed by atoms with Gasteiger partial charge in [-0.05, 0) is 128 Å². The second-order valence-corrected chi connectivity index (χ2v) is 28.6. The van der Waals surface area contributed by atoms with Crippen LogP contribution in [0.3, 0.4) is 0 Å². The molecular weight excluding hydrogens is 1330 g/mol. The van der Waals surface area contributed by atoms with E-state index in [0.29, 0.717) is 32.7 Å². The molecule has 2 fully saturated rings. The number of nitrogens with zero attached hydrogens (tertiary/aromatic N) is 3. The number of hydrogen-bond acceptors (Lipinski definition) is 18. The maximum Gasteiger partial charge on any atom is 0.347 e. The minimum atomic E-state index is -1.22. The molecule has 4 aliphatic heterocycles. The van der Waals surface area contributed by atoms with Crippen molar-refractivity contribution in [2.75, 3.05) is 27.3 Å². The Morgan fingerprint density at radius 1 is 0.570 bits per heavy atom. The fourth-order valence-corrected chi connectivity index (χ4v) is 11.9. The van der Waals surface area contributed by atoms with Crippen LogP contribution in [0.5, 0.6) is 11.5 Å². The summed E-state index contributed by atoms with van der Waals surface area (Å²) in [6.07, 6.45) is 1.92. The van der Waals surface area contributed by atoms with Gasteiger partial charge in [0, 0.05) is 55.5 Å². The summed E-state index contributed by atoms with van der Waals surface area (Å²) >= 11 is 12.6. The summed E-state index contributed by atoms with van der Waals surface area (Å²) in [5.41, 5.74) is 11.0. The number of epoxide rings is 2. The fourth-order valence-electron chi connectivity index (χ4n) is 11.4. The summed E-state index contributed by atoms with van der Waals surface area (Å²) in [5.74, 6) is -4.49. The van der Waals surface area contributed by atoms with Gasteiger partial charge in [0.1, 0.15) is 48.0 Å². The molecule has 24 nitrogen and oxygen atoms in total. The topological polar surface area (TPSA) is 334 Å². The van der Waals surface area contributed by atoms with Crippen molar-refractivity contribution in [3.8, 4) is 11.5 Å². The highest BCUT2D eigenvalue weighted by atomic mass is 35.5. The number of hydrogen-bond donors (Lipinski definition) is 5. The van der Waals surface area contributed by atoms with Crippen LogP contribution in [-0.2, 0) is 92.8 Å². The number of aliphatic hydroxyl groups is 1. The first-order valence-electron chi connectivity index (χ1n) is 33.5. The Morgan fingerprint density at radius 2 is 0.950 bits per heavy atom. The molecule has 0 unspecified atom stereocenters. The van der Waals surface area contributed by atoms with Gasteiger partial charge in [0.2, 0.25) is 23.6 Å². The van der Waals surface area contributed by atoms with Crippen LogP contribution < -0.4 is 30.7 Å². The molecule has 4 aromatic carbocycles. The van der Waals surface area contributed by atoms with Gasteiger partial charge in [-0.15, -0.1) is 0 Å². The number of aliphatic hydroxyl groups excluding tert-OH is 1. The average molecular weight is 1420 g/mol. The molecule has 5 N–H and O–H groups in total. The molecule has 26 heteroatoms. The second kappa shape index (κ2) is 36.2. The van der Waals surface area contributed by atoms with Gasteiger partial charge in [0.05, 0.1) is 60.5 Å². The van der Waals surface area contributed by atoms with Crippen molar-refractivity contribution in [2.24, 2.45) is 39.6 Å². The highest BCUT2D eigenvalue weighted by molar-refractivity contribution is 6.32. The largest absolute Gasteiger partial charge is 0.495 e. The Bertz CT molecular complexity index is 3650. The SMILES string of the molecule is COc1ccc(C[C@H]2NC(=O)/C=C/C[C@@H]([C@H](C)[C@@H]3O[C@H]3c3ccc(CN=[N+]=[N-])cc3)OC(=O)[C@H](CC(C)C)OC(=O)C(C)(C)CNC2=O)cc1Cl.COc1ccc(C[C@H]2NC(=O)/C=C/C[C@@H]([C@H](C)[C@@H]3O[C@H]3c3ccc(CO)cc3)OC(=O)[C@H](CC(C)C)OC(=O)C(C)(C)CNC2=O)cc1Cl. The lowest BCUT2D eigenvalue weighted by Gasteiger charge is -2.29. The van der Waals surface area contributed by atoms with Crippen LogP contribution in [0.4, 0.5) is 0 Å². The molecule has 0 radical (unpaired) electrons. The molecule has 100 heavy (non-hydrogen) atoms. The number of amides is 4. The highest BCUT2D eigenvalue weighted by Gasteiger charge is 2.50. The third-order valence-electron chi connectivity index (χ3n) is 17.7. The average Bonchev–Trinajstić information content (AvgIpc) is 1.63. The highest BCUT2D eigenvalue weighted by Crippen LogP contribution is 2.47. The second-order valence-electron chi connectivity index (χ2n) is 27.7. The predicted molar refractivity (Wildman–Crippen MR) is 372 cm³/mol. The zero-order valence-electron chi connectivity index (χ0n) is 58.6. The van der Waals surface area contributed by atoms with Crippen molar-refractivity contribution in [3.05, 3.63) is 163 Å². The number of azide groups is 1. The minimum Gasteiger partial charge on any atom is -0.495 e. The number of carbonyl (C=O) groups is 8. The number of halogens is 2. The van der Waals surface area contributed by atoms with E-state index in [1.165, 1.54) is 26.4 Å². The van der Waals surface area contributed by atoms with Crippen LogP contribution in [-0.4, -0.2) is 129 Å². The third kappa shape index (κ3) is 22.8. The zero-order valence-corrected chi connectivity index (χ0v) is 60.1. The van der Waals surface area contributed by atoms with E-state index < -0.39 is 94.8 Å². The van der Waals surface area contributed by atoms with Gasteiger partial charge in [0.15, 0.2) is 12.2 Å². The molecule has 12 atom stereocenters. The number of methoxy groups -OCH3 is 2.